The van der Waals surface area contributed by atoms with Gasteiger partial charge in [0.05, 0.1) is 5.69 Å². The second-order valence-corrected chi connectivity index (χ2v) is 3.77. The summed E-state index contributed by atoms with van der Waals surface area (Å²) in [7, 11) is 0. The van der Waals surface area contributed by atoms with Gasteiger partial charge in [-0.1, -0.05) is 12.1 Å². The minimum Gasteiger partial charge on any atom is -0.399 e. The molecule has 2 N–H and O–H groups in total. The molecule has 1 heterocycles. The third kappa shape index (κ3) is 1.99. The topological polar surface area (TPSA) is 38.9 Å². The van der Waals surface area contributed by atoms with E-state index in [-0.39, 0.29) is 0 Å². The van der Waals surface area contributed by atoms with Crippen molar-refractivity contribution in [1.29, 1.82) is 0 Å². The summed E-state index contributed by atoms with van der Waals surface area (Å²) in [5.41, 5.74) is 11.1. The highest BCUT2D eigenvalue weighted by Crippen LogP contribution is 2.21. The second kappa shape index (κ2) is 3.73. The number of aromatic nitrogens is 1. The molecule has 1 aromatic heterocycles. The molecule has 76 valence electrons. The molecule has 2 heteroatoms. The maximum Gasteiger partial charge on any atom is 0.0722 e. The summed E-state index contributed by atoms with van der Waals surface area (Å²) in [4.78, 5) is 4.30. The van der Waals surface area contributed by atoms with Crippen molar-refractivity contribution in [1.82, 2.24) is 4.98 Å². The molecule has 0 aliphatic rings. The Hall–Kier alpha value is -1.83. The molecular formula is C13H14N2. The molecular weight excluding hydrogens is 184 g/mol. The van der Waals surface area contributed by atoms with Crippen LogP contribution in [-0.2, 0) is 0 Å². The molecule has 2 nitrogen and oxygen atoms in total. The van der Waals surface area contributed by atoms with Crippen LogP contribution in [0.1, 0.15) is 11.1 Å². The SMILES string of the molecule is Cc1ccc(-c2cc(N)ccn2)cc1C. The van der Waals surface area contributed by atoms with Crippen molar-refractivity contribution in [3.05, 3.63) is 47.7 Å². The fraction of sp³-hybridized carbons (Fsp3) is 0.154. The minimum atomic E-state index is 0.748. The van der Waals surface area contributed by atoms with Crippen molar-refractivity contribution >= 4 is 5.69 Å². The largest absolute Gasteiger partial charge is 0.399 e. The highest BCUT2D eigenvalue weighted by atomic mass is 14.7. The predicted molar refractivity (Wildman–Crippen MR) is 63.6 cm³/mol. The summed E-state index contributed by atoms with van der Waals surface area (Å²) < 4.78 is 0. The highest BCUT2D eigenvalue weighted by Gasteiger charge is 2.01. The zero-order valence-corrected chi connectivity index (χ0v) is 8.99. The monoisotopic (exact) mass is 198 g/mol. The third-order valence-electron chi connectivity index (χ3n) is 2.59. The van der Waals surface area contributed by atoms with Crippen molar-refractivity contribution in [2.24, 2.45) is 0 Å². The van der Waals surface area contributed by atoms with Crippen molar-refractivity contribution in [3.8, 4) is 11.3 Å². The van der Waals surface area contributed by atoms with E-state index in [0.29, 0.717) is 0 Å². The molecule has 0 aliphatic carbocycles. The summed E-state index contributed by atoms with van der Waals surface area (Å²) >= 11 is 0. The number of aryl methyl sites for hydroxylation is 2. The van der Waals surface area contributed by atoms with Crippen molar-refractivity contribution in [3.63, 3.8) is 0 Å². The molecule has 0 atom stereocenters. The lowest BCUT2D eigenvalue weighted by molar-refractivity contribution is 1.30. The number of nitrogens with two attached hydrogens (primary N) is 1. The first kappa shape index (κ1) is 9.71. The van der Waals surface area contributed by atoms with E-state index < -0.39 is 0 Å². The third-order valence-corrected chi connectivity index (χ3v) is 2.59. The zero-order valence-electron chi connectivity index (χ0n) is 8.99. The Morgan fingerprint density at radius 2 is 1.80 bits per heavy atom. The highest BCUT2D eigenvalue weighted by molar-refractivity contribution is 5.64. The first-order valence-corrected chi connectivity index (χ1v) is 4.96. The second-order valence-electron chi connectivity index (χ2n) is 3.77. The molecule has 2 aromatic rings. The van der Waals surface area contributed by atoms with Crippen LogP contribution in [0.2, 0.25) is 0 Å². The van der Waals surface area contributed by atoms with Gasteiger partial charge in [0.15, 0.2) is 0 Å². The van der Waals surface area contributed by atoms with E-state index in [0.717, 1.165) is 16.9 Å². The van der Waals surface area contributed by atoms with E-state index in [1.807, 2.05) is 6.07 Å². The van der Waals surface area contributed by atoms with Crippen molar-refractivity contribution in [2.75, 3.05) is 5.73 Å². The van der Waals surface area contributed by atoms with Crippen LogP contribution in [0, 0.1) is 13.8 Å². The Bertz CT molecular complexity index is 490. The predicted octanol–water partition coefficient (Wildman–Crippen LogP) is 2.95. The number of pyridine rings is 1. The Labute approximate surface area is 89.8 Å². The molecule has 2 rings (SSSR count). The molecule has 1 aromatic carbocycles. The van der Waals surface area contributed by atoms with Crippen LogP contribution in [0.5, 0.6) is 0 Å². The van der Waals surface area contributed by atoms with Crippen LogP contribution >= 0.6 is 0 Å². The lowest BCUT2D eigenvalue weighted by atomic mass is 10.0. The fourth-order valence-corrected chi connectivity index (χ4v) is 1.51. The van der Waals surface area contributed by atoms with Gasteiger partial charge in [-0.2, -0.15) is 0 Å². The Morgan fingerprint density at radius 3 is 2.47 bits per heavy atom. The maximum atomic E-state index is 5.72. The quantitative estimate of drug-likeness (QED) is 0.765. The number of benzene rings is 1. The molecule has 0 amide bonds. The molecule has 0 saturated carbocycles. The first-order chi connectivity index (χ1) is 7.16. The number of hydrogen-bond donors (Lipinski definition) is 1. The number of nitrogen functional groups attached to an aromatic ring is 1. The molecule has 0 unspecified atom stereocenters. The van der Waals surface area contributed by atoms with Crippen LogP contribution in [0.25, 0.3) is 11.3 Å². The number of hydrogen-bond acceptors (Lipinski definition) is 2. The normalized spacial score (nSPS) is 10.3. The summed E-state index contributed by atoms with van der Waals surface area (Å²) in [6.07, 6.45) is 1.74. The van der Waals surface area contributed by atoms with E-state index in [9.17, 15) is 0 Å². The van der Waals surface area contributed by atoms with Gasteiger partial charge >= 0.3 is 0 Å². The minimum absolute atomic E-state index is 0.748. The molecule has 15 heavy (non-hydrogen) atoms. The average molecular weight is 198 g/mol. The molecule has 0 spiro atoms. The van der Waals surface area contributed by atoms with E-state index in [2.05, 4.69) is 37.0 Å². The summed E-state index contributed by atoms with van der Waals surface area (Å²) in [5, 5.41) is 0. The van der Waals surface area contributed by atoms with Gasteiger partial charge in [-0.3, -0.25) is 4.98 Å². The van der Waals surface area contributed by atoms with Gasteiger partial charge in [0.25, 0.3) is 0 Å². The molecule has 0 bridgehead atoms. The Kier molecular flexibility index (Phi) is 2.42. The average Bonchev–Trinajstić information content (AvgIpc) is 2.22. The van der Waals surface area contributed by atoms with Gasteiger partial charge < -0.3 is 5.73 Å². The molecule has 0 aliphatic heterocycles. The van der Waals surface area contributed by atoms with Crippen LogP contribution in [-0.4, -0.2) is 4.98 Å². The maximum absolute atomic E-state index is 5.72. The summed E-state index contributed by atoms with van der Waals surface area (Å²) in [6.45, 7) is 4.21. The van der Waals surface area contributed by atoms with Gasteiger partial charge in [-0.15, -0.1) is 0 Å². The lowest BCUT2D eigenvalue weighted by Gasteiger charge is -2.05. The van der Waals surface area contributed by atoms with Gasteiger partial charge in [0, 0.05) is 17.4 Å². The van der Waals surface area contributed by atoms with Gasteiger partial charge in [0.2, 0.25) is 0 Å². The molecule has 0 saturated heterocycles. The van der Waals surface area contributed by atoms with Crippen LogP contribution < -0.4 is 5.73 Å². The van der Waals surface area contributed by atoms with Gasteiger partial charge in [-0.25, -0.2) is 0 Å². The Balaban J connectivity index is 2.50. The number of nitrogens with zero attached hydrogens (tertiary/aromatic N) is 1. The van der Waals surface area contributed by atoms with E-state index in [4.69, 9.17) is 5.73 Å². The first-order valence-electron chi connectivity index (χ1n) is 4.96. The standard InChI is InChI=1S/C13H14N2/c1-9-3-4-11(7-10(9)2)13-8-12(14)5-6-15-13/h3-8H,1-2H3,(H2,14,15). The zero-order chi connectivity index (χ0) is 10.8. The molecule has 0 radical (unpaired) electrons. The summed E-state index contributed by atoms with van der Waals surface area (Å²) in [6, 6.07) is 10.0. The van der Waals surface area contributed by atoms with Gasteiger partial charge in [0.1, 0.15) is 0 Å². The Morgan fingerprint density at radius 1 is 1.00 bits per heavy atom. The van der Waals surface area contributed by atoms with Crippen molar-refractivity contribution in [2.45, 2.75) is 13.8 Å². The number of rotatable bonds is 1. The van der Waals surface area contributed by atoms with Crippen LogP contribution in [0.3, 0.4) is 0 Å². The molecule has 0 fully saturated rings. The van der Waals surface area contributed by atoms with Crippen LogP contribution in [0.4, 0.5) is 5.69 Å². The van der Waals surface area contributed by atoms with Gasteiger partial charge in [-0.05, 0) is 43.2 Å². The number of anilines is 1. The van der Waals surface area contributed by atoms with E-state index >= 15 is 0 Å². The smallest absolute Gasteiger partial charge is 0.0722 e. The van der Waals surface area contributed by atoms with Crippen molar-refractivity contribution < 1.29 is 0 Å². The van der Waals surface area contributed by atoms with Crippen LogP contribution in [0.15, 0.2) is 36.5 Å². The van der Waals surface area contributed by atoms with E-state index in [1.165, 1.54) is 11.1 Å². The summed E-state index contributed by atoms with van der Waals surface area (Å²) in [5.74, 6) is 0. The fourth-order valence-electron chi connectivity index (χ4n) is 1.51. The van der Waals surface area contributed by atoms with E-state index in [1.54, 1.807) is 12.3 Å². The lowest BCUT2D eigenvalue weighted by Crippen LogP contribution is -1.89.